The van der Waals surface area contributed by atoms with E-state index in [1.54, 1.807) is 20.8 Å². The smallest absolute Gasteiger partial charge is 0.408 e. The van der Waals surface area contributed by atoms with Crippen LogP contribution in [0.1, 0.15) is 27.2 Å². The van der Waals surface area contributed by atoms with Gasteiger partial charge < -0.3 is 20.1 Å². The molecule has 1 aliphatic heterocycles. The number of alkyl carbamates (subject to hydrolysis) is 1. The van der Waals surface area contributed by atoms with E-state index in [2.05, 4.69) is 21.2 Å². The van der Waals surface area contributed by atoms with Crippen molar-refractivity contribution in [1.29, 1.82) is 0 Å². The first-order valence-electron chi connectivity index (χ1n) is 6.22. The van der Waals surface area contributed by atoms with Crippen molar-refractivity contribution in [1.82, 2.24) is 10.2 Å². The standard InChI is InChI=1S/C12H19BrN2O5/c1-12(2,3)20-11(19)14-8(10(17)18)6-15-5-7(13)4-9(15)16/h7-8H,4-6H2,1-3H3,(H,14,19)(H,17,18). The van der Waals surface area contributed by atoms with E-state index >= 15 is 0 Å². The van der Waals surface area contributed by atoms with E-state index in [4.69, 9.17) is 9.84 Å². The minimum absolute atomic E-state index is 0.0194. The van der Waals surface area contributed by atoms with Gasteiger partial charge in [0.1, 0.15) is 11.6 Å². The molecule has 1 aliphatic rings. The predicted octanol–water partition coefficient (Wildman–Crippen LogP) is 0.960. The quantitative estimate of drug-likeness (QED) is 0.736. The van der Waals surface area contributed by atoms with Crippen molar-refractivity contribution in [3.05, 3.63) is 0 Å². The first kappa shape index (κ1) is 16.7. The summed E-state index contributed by atoms with van der Waals surface area (Å²) in [7, 11) is 0. The fourth-order valence-electron chi connectivity index (χ4n) is 1.76. The molecule has 0 aromatic heterocycles. The van der Waals surface area contributed by atoms with Crippen molar-refractivity contribution in [2.24, 2.45) is 0 Å². The number of ether oxygens (including phenoxy) is 1. The van der Waals surface area contributed by atoms with Crippen LogP contribution in [-0.4, -0.2) is 57.5 Å². The maximum Gasteiger partial charge on any atom is 0.408 e. The lowest BCUT2D eigenvalue weighted by Gasteiger charge is -2.24. The SMILES string of the molecule is CC(C)(C)OC(=O)NC(CN1CC(Br)CC1=O)C(=O)O. The molecule has 8 heteroatoms. The summed E-state index contributed by atoms with van der Waals surface area (Å²) in [6, 6.07) is -1.19. The van der Waals surface area contributed by atoms with Gasteiger partial charge in [0.05, 0.1) is 6.54 Å². The van der Waals surface area contributed by atoms with Crippen LogP contribution in [0.4, 0.5) is 4.79 Å². The Morgan fingerprint density at radius 1 is 1.55 bits per heavy atom. The second-order valence-electron chi connectivity index (χ2n) is 5.64. The van der Waals surface area contributed by atoms with Crippen LogP contribution in [0.25, 0.3) is 0 Å². The highest BCUT2D eigenvalue weighted by Gasteiger charge is 2.33. The summed E-state index contributed by atoms with van der Waals surface area (Å²) in [6.07, 6.45) is -0.481. The van der Waals surface area contributed by atoms with Crippen molar-refractivity contribution in [2.45, 2.75) is 43.7 Å². The van der Waals surface area contributed by atoms with Crippen molar-refractivity contribution >= 4 is 33.9 Å². The number of halogens is 1. The van der Waals surface area contributed by atoms with Crippen molar-refractivity contribution in [3.8, 4) is 0 Å². The van der Waals surface area contributed by atoms with Gasteiger partial charge in [0.2, 0.25) is 5.91 Å². The molecule has 2 amide bonds. The normalized spacial score (nSPS) is 20.7. The third-order valence-corrected chi connectivity index (χ3v) is 3.17. The topological polar surface area (TPSA) is 95.9 Å². The molecule has 114 valence electrons. The van der Waals surface area contributed by atoms with E-state index in [1.165, 1.54) is 4.90 Å². The number of carbonyl (C=O) groups excluding carboxylic acids is 2. The fourth-order valence-corrected chi connectivity index (χ4v) is 2.38. The number of aliphatic carboxylic acids is 1. The molecule has 1 rings (SSSR count). The van der Waals surface area contributed by atoms with Gasteiger partial charge in [0.15, 0.2) is 0 Å². The number of nitrogens with zero attached hydrogens (tertiary/aromatic N) is 1. The van der Waals surface area contributed by atoms with Crippen molar-refractivity contribution < 1.29 is 24.2 Å². The van der Waals surface area contributed by atoms with Gasteiger partial charge in [-0.2, -0.15) is 0 Å². The molecule has 0 aromatic rings. The first-order valence-corrected chi connectivity index (χ1v) is 7.14. The summed E-state index contributed by atoms with van der Waals surface area (Å²) < 4.78 is 5.00. The molecule has 0 aromatic carbocycles. The Labute approximate surface area is 125 Å². The monoisotopic (exact) mass is 350 g/mol. The molecule has 7 nitrogen and oxygen atoms in total. The second-order valence-corrected chi connectivity index (χ2v) is 6.93. The predicted molar refractivity (Wildman–Crippen MR) is 74.7 cm³/mol. The van der Waals surface area contributed by atoms with Crippen LogP contribution in [-0.2, 0) is 14.3 Å². The summed E-state index contributed by atoms with van der Waals surface area (Å²) in [6.45, 7) is 5.40. The third kappa shape index (κ3) is 5.36. The lowest BCUT2D eigenvalue weighted by Crippen LogP contribution is -2.50. The van der Waals surface area contributed by atoms with Gasteiger partial charge in [-0.15, -0.1) is 0 Å². The van der Waals surface area contributed by atoms with Crippen molar-refractivity contribution in [3.63, 3.8) is 0 Å². The molecular formula is C12H19BrN2O5. The number of rotatable bonds is 4. The van der Waals surface area contributed by atoms with Gasteiger partial charge in [-0.3, -0.25) is 4.79 Å². The zero-order valence-electron chi connectivity index (χ0n) is 11.7. The highest BCUT2D eigenvalue weighted by atomic mass is 79.9. The van der Waals surface area contributed by atoms with Gasteiger partial charge >= 0.3 is 12.1 Å². The molecule has 0 bridgehead atoms. The van der Waals surface area contributed by atoms with Crippen LogP contribution in [0.5, 0.6) is 0 Å². The highest BCUT2D eigenvalue weighted by molar-refractivity contribution is 9.09. The number of hydrogen-bond donors (Lipinski definition) is 2. The third-order valence-electron chi connectivity index (χ3n) is 2.56. The minimum atomic E-state index is -1.21. The average Bonchev–Trinajstić information content (AvgIpc) is 2.53. The molecule has 1 fully saturated rings. The zero-order chi connectivity index (χ0) is 15.5. The number of hydrogen-bond acceptors (Lipinski definition) is 4. The molecule has 0 saturated carbocycles. The molecule has 0 radical (unpaired) electrons. The van der Waals surface area contributed by atoms with Crippen LogP contribution in [0.3, 0.4) is 0 Å². The Balaban J connectivity index is 2.59. The Hall–Kier alpha value is -1.31. The minimum Gasteiger partial charge on any atom is -0.480 e. The summed E-state index contributed by atoms with van der Waals surface area (Å²) in [5, 5.41) is 11.4. The first-order chi connectivity index (χ1) is 9.08. The largest absolute Gasteiger partial charge is 0.480 e. The summed E-state index contributed by atoms with van der Waals surface area (Å²) in [4.78, 5) is 35.8. The van der Waals surface area contributed by atoms with Gasteiger partial charge in [-0.25, -0.2) is 9.59 Å². The number of nitrogens with one attached hydrogen (secondary N) is 1. The lowest BCUT2D eigenvalue weighted by molar-refractivity contribution is -0.140. The number of amides is 2. The lowest BCUT2D eigenvalue weighted by atomic mass is 10.2. The van der Waals surface area contributed by atoms with Gasteiger partial charge in [-0.1, -0.05) is 15.9 Å². The number of carbonyl (C=O) groups is 3. The van der Waals surface area contributed by atoms with E-state index < -0.39 is 23.7 Å². The number of carboxylic acids is 1. The van der Waals surface area contributed by atoms with Gasteiger partial charge in [0.25, 0.3) is 0 Å². The maximum atomic E-state index is 11.6. The molecule has 1 heterocycles. The molecule has 2 N–H and O–H groups in total. The van der Waals surface area contributed by atoms with Crippen LogP contribution >= 0.6 is 15.9 Å². The van der Waals surface area contributed by atoms with E-state index in [1.807, 2.05) is 0 Å². The Morgan fingerprint density at radius 3 is 2.55 bits per heavy atom. The number of alkyl halides is 1. The molecule has 1 saturated heterocycles. The zero-order valence-corrected chi connectivity index (χ0v) is 13.3. The molecule has 20 heavy (non-hydrogen) atoms. The van der Waals surface area contributed by atoms with E-state index in [0.29, 0.717) is 13.0 Å². The van der Waals surface area contributed by atoms with E-state index in [9.17, 15) is 14.4 Å². The van der Waals surface area contributed by atoms with Gasteiger partial charge in [-0.05, 0) is 20.8 Å². The van der Waals surface area contributed by atoms with Crippen LogP contribution < -0.4 is 5.32 Å². The van der Waals surface area contributed by atoms with E-state index in [-0.39, 0.29) is 17.3 Å². The van der Waals surface area contributed by atoms with Crippen LogP contribution in [0.15, 0.2) is 0 Å². The fraction of sp³-hybridized carbons (Fsp3) is 0.750. The molecule has 0 spiro atoms. The molecule has 2 atom stereocenters. The second kappa shape index (κ2) is 6.43. The Morgan fingerprint density at radius 2 is 2.15 bits per heavy atom. The molecule has 0 aliphatic carbocycles. The van der Waals surface area contributed by atoms with E-state index in [0.717, 1.165) is 0 Å². The molecular weight excluding hydrogens is 332 g/mol. The summed E-state index contributed by atoms with van der Waals surface area (Å²) in [5.74, 6) is -1.34. The Kier molecular flexibility index (Phi) is 5.38. The van der Waals surface area contributed by atoms with Crippen LogP contribution in [0, 0.1) is 0 Å². The summed E-state index contributed by atoms with van der Waals surface area (Å²) >= 11 is 3.31. The summed E-state index contributed by atoms with van der Waals surface area (Å²) in [5.41, 5.74) is -0.711. The molecule has 2 unspecified atom stereocenters. The van der Waals surface area contributed by atoms with Gasteiger partial charge in [0, 0.05) is 17.8 Å². The van der Waals surface area contributed by atoms with Crippen molar-refractivity contribution in [2.75, 3.05) is 13.1 Å². The van der Waals surface area contributed by atoms with Crippen LogP contribution in [0.2, 0.25) is 0 Å². The Bertz CT molecular complexity index is 407. The number of carboxylic acid groups (broad SMARTS) is 1. The maximum absolute atomic E-state index is 11.6. The average molecular weight is 351 g/mol. The number of likely N-dealkylation sites (tertiary alicyclic amines) is 1. The highest BCUT2D eigenvalue weighted by Crippen LogP contribution is 2.18.